The number of allylic oxidation sites excluding steroid dienone is 2. The van der Waals surface area contributed by atoms with Crippen molar-refractivity contribution in [3.63, 3.8) is 0 Å². The van der Waals surface area contributed by atoms with Crippen LogP contribution in [0.25, 0.3) is 0 Å². The Hall–Kier alpha value is -2.10. The first-order valence-corrected chi connectivity index (χ1v) is 8.87. The van der Waals surface area contributed by atoms with Gasteiger partial charge in [-0.2, -0.15) is 0 Å². The number of hydrogen-bond acceptors (Lipinski definition) is 4. The first-order valence-electron chi connectivity index (χ1n) is 8.87. The van der Waals surface area contributed by atoms with Gasteiger partial charge >= 0.3 is 11.9 Å². The zero-order valence-corrected chi connectivity index (χ0v) is 14.2. The Morgan fingerprint density at radius 3 is 1.54 bits per heavy atom. The normalized spacial score (nSPS) is 20.0. The molecule has 0 bridgehead atoms. The molecule has 0 saturated heterocycles. The van der Waals surface area contributed by atoms with E-state index in [0.29, 0.717) is 13.2 Å². The minimum absolute atomic E-state index is 0.284. The maximum absolute atomic E-state index is 12.2. The Kier molecular flexibility index (Phi) is 8.08. The number of carbonyl (C=O) groups excluding carboxylic acids is 2. The molecule has 0 radical (unpaired) electrons. The minimum atomic E-state index is -0.455. The zero-order valence-electron chi connectivity index (χ0n) is 14.2. The number of ether oxygens (including phenoxy) is 2. The number of rotatable bonds is 0. The van der Waals surface area contributed by atoms with Crippen molar-refractivity contribution < 1.29 is 19.1 Å². The van der Waals surface area contributed by atoms with Gasteiger partial charge in [-0.25, -0.2) is 9.59 Å². The van der Waals surface area contributed by atoms with Crippen LogP contribution < -0.4 is 0 Å². The van der Waals surface area contributed by atoms with Gasteiger partial charge in [0, 0.05) is 0 Å². The van der Waals surface area contributed by atoms with E-state index in [1.54, 1.807) is 24.3 Å². The predicted molar refractivity (Wildman–Crippen MR) is 93.1 cm³/mol. The molecule has 2 rings (SSSR count). The Bertz CT molecular complexity index is 514. The second-order valence-corrected chi connectivity index (χ2v) is 5.99. The first-order chi connectivity index (χ1) is 11.8. The molecule has 1 aromatic rings. The average Bonchev–Trinajstić information content (AvgIpc) is 2.61. The summed E-state index contributed by atoms with van der Waals surface area (Å²) in [7, 11) is 0. The van der Waals surface area contributed by atoms with Gasteiger partial charge in [0.05, 0.1) is 24.3 Å². The second-order valence-electron chi connectivity index (χ2n) is 5.99. The molecular weight excluding hydrogens is 304 g/mol. The molecule has 4 nitrogen and oxygen atoms in total. The fourth-order valence-corrected chi connectivity index (χ4v) is 2.64. The lowest BCUT2D eigenvalue weighted by Crippen LogP contribution is -2.15. The molecule has 130 valence electrons. The molecule has 0 saturated carbocycles. The number of carbonyl (C=O) groups is 2. The van der Waals surface area contributed by atoms with Crippen molar-refractivity contribution in [2.24, 2.45) is 0 Å². The summed E-state index contributed by atoms with van der Waals surface area (Å²) < 4.78 is 10.6. The van der Waals surface area contributed by atoms with Gasteiger partial charge in [0.1, 0.15) is 0 Å². The third kappa shape index (κ3) is 6.19. The molecule has 0 amide bonds. The van der Waals surface area contributed by atoms with Crippen molar-refractivity contribution >= 4 is 11.9 Å². The molecule has 0 atom stereocenters. The topological polar surface area (TPSA) is 52.6 Å². The smallest absolute Gasteiger partial charge is 0.339 e. The van der Waals surface area contributed by atoms with Gasteiger partial charge in [-0.1, -0.05) is 24.3 Å². The lowest BCUT2D eigenvalue weighted by atomic mass is 10.1. The van der Waals surface area contributed by atoms with E-state index in [9.17, 15) is 9.59 Å². The summed E-state index contributed by atoms with van der Waals surface area (Å²) in [5.41, 5.74) is 0.568. The second kappa shape index (κ2) is 10.6. The van der Waals surface area contributed by atoms with Gasteiger partial charge in [-0.05, 0) is 63.5 Å². The Morgan fingerprint density at radius 1 is 0.625 bits per heavy atom. The number of benzene rings is 1. The standard InChI is InChI=1S/C20H26O4/c21-19-17-13-9-10-14-18(17)20(22)24-16-12-8-6-4-2-1-3-5-7-11-15-23-19/h1-2,9-10,13-14H,3-8,11-12,15-16H2/b2-1-. The Labute approximate surface area is 143 Å². The summed E-state index contributed by atoms with van der Waals surface area (Å²) in [6.45, 7) is 0.762. The maximum atomic E-state index is 12.2. The average molecular weight is 330 g/mol. The number of cyclic esters (lactones) is 2. The van der Waals surface area contributed by atoms with E-state index in [2.05, 4.69) is 12.2 Å². The summed E-state index contributed by atoms with van der Waals surface area (Å²) >= 11 is 0. The molecule has 1 aromatic carbocycles. The quantitative estimate of drug-likeness (QED) is 0.511. The third-order valence-corrected chi connectivity index (χ3v) is 4.03. The predicted octanol–water partition coefficient (Wildman–Crippen LogP) is 4.69. The van der Waals surface area contributed by atoms with Gasteiger partial charge in [-0.3, -0.25) is 0 Å². The highest BCUT2D eigenvalue weighted by Gasteiger charge is 2.18. The SMILES string of the molecule is O=C1OCCCCC/C=C\CCCCCOC(=O)c2ccccc21. The summed E-state index contributed by atoms with van der Waals surface area (Å²) in [5, 5.41) is 0. The summed E-state index contributed by atoms with van der Waals surface area (Å²) in [6, 6.07) is 6.68. The van der Waals surface area contributed by atoms with E-state index in [-0.39, 0.29) is 11.1 Å². The van der Waals surface area contributed by atoms with Crippen LogP contribution in [0.15, 0.2) is 36.4 Å². The van der Waals surface area contributed by atoms with Crippen LogP contribution in [0.3, 0.4) is 0 Å². The summed E-state index contributed by atoms with van der Waals surface area (Å²) in [5.74, 6) is -0.910. The van der Waals surface area contributed by atoms with Crippen LogP contribution in [0.2, 0.25) is 0 Å². The van der Waals surface area contributed by atoms with Gasteiger partial charge < -0.3 is 9.47 Å². The lowest BCUT2D eigenvalue weighted by Gasteiger charge is -2.10. The summed E-state index contributed by atoms with van der Waals surface area (Å²) in [4.78, 5) is 24.4. The van der Waals surface area contributed by atoms with E-state index in [0.717, 1.165) is 51.4 Å². The molecule has 0 unspecified atom stereocenters. The van der Waals surface area contributed by atoms with E-state index in [1.165, 1.54) is 0 Å². The van der Waals surface area contributed by atoms with Gasteiger partial charge in [0.15, 0.2) is 0 Å². The van der Waals surface area contributed by atoms with Crippen LogP contribution in [0.1, 0.15) is 72.1 Å². The molecule has 24 heavy (non-hydrogen) atoms. The molecule has 0 aromatic heterocycles. The van der Waals surface area contributed by atoms with Crippen molar-refractivity contribution in [2.75, 3.05) is 13.2 Å². The van der Waals surface area contributed by atoms with Crippen LogP contribution in [-0.4, -0.2) is 25.2 Å². The van der Waals surface area contributed by atoms with Crippen LogP contribution in [0, 0.1) is 0 Å². The Morgan fingerprint density at radius 2 is 1.08 bits per heavy atom. The zero-order chi connectivity index (χ0) is 17.0. The minimum Gasteiger partial charge on any atom is -0.462 e. The van der Waals surface area contributed by atoms with Crippen LogP contribution >= 0.6 is 0 Å². The Balaban J connectivity index is 2.00. The molecule has 1 aliphatic rings. The lowest BCUT2D eigenvalue weighted by molar-refractivity contribution is 0.0450. The number of hydrogen-bond donors (Lipinski definition) is 0. The van der Waals surface area contributed by atoms with Gasteiger partial charge in [0.2, 0.25) is 0 Å². The van der Waals surface area contributed by atoms with Crippen molar-refractivity contribution in [2.45, 2.75) is 51.4 Å². The third-order valence-electron chi connectivity index (χ3n) is 4.03. The maximum Gasteiger partial charge on any atom is 0.339 e. The molecule has 1 aliphatic heterocycles. The van der Waals surface area contributed by atoms with Gasteiger partial charge in [0.25, 0.3) is 0 Å². The largest absolute Gasteiger partial charge is 0.462 e. The monoisotopic (exact) mass is 330 g/mol. The van der Waals surface area contributed by atoms with Gasteiger partial charge in [-0.15, -0.1) is 0 Å². The molecule has 0 fully saturated rings. The number of esters is 2. The molecule has 0 spiro atoms. The van der Waals surface area contributed by atoms with Crippen LogP contribution in [-0.2, 0) is 9.47 Å². The molecular formula is C20H26O4. The van der Waals surface area contributed by atoms with Crippen molar-refractivity contribution in [1.82, 2.24) is 0 Å². The van der Waals surface area contributed by atoms with E-state index >= 15 is 0 Å². The molecule has 4 heteroatoms. The fourth-order valence-electron chi connectivity index (χ4n) is 2.64. The van der Waals surface area contributed by atoms with Crippen LogP contribution in [0.5, 0.6) is 0 Å². The van der Waals surface area contributed by atoms with Crippen molar-refractivity contribution in [3.8, 4) is 0 Å². The van der Waals surface area contributed by atoms with E-state index in [4.69, 9.17) is 9.47 Å². The highest BCUT2D eigenvalue weighted by Crippen LogP contribution is 2.14. The fraction of sp³-hybridized carbons (Fsp3) is 0.500. The highest BCUT2D eigenvalue weighted by atomic mass is 16.5. The van der Waals surface area contributed by atoms with E-state index in [1.807, 2.05) is 0 Å². The molecule has 0 N–H and O–H groups in total. The van der Waals surface area contributed by atoms with Crippen molar-refractivity contribution in [3.05, 3.63) is 47.5 Å². The first kappa shape index (κ1) is 18.2. The number of fused-ring (bicyclic) bond motifs is 1. The van der Waals surface area contributed by atoms with Crippen molar-refractivity contribution in [1.29, 1.82) is 0 Å². The highest BCUT2D eigenvalue weighted by molar-refractivity contribution is 6.03. The summed E-state index contributed by atoms with van der Waals surface area (Å²) in [6.07, 6.45) is 12.6. The van der Waals surface area contributed by atoms with E-state index < -0.39 is 11.9 Å². The van der Waals surface area contributed by atoms with Crippen LogP contribution in [0.4, 0.5) is 0 Å². The molecule has 1 heterocycles. The molecule has 0 aliphatic carbocycles.